The number of methoxy groups -OCH3 is 1. The number of anilines is 1. The molecular formula is C11H18N2O3S2. The average molecular weight is 290 g/mol. The number of thioether (sulfide) groups is 1. The molecule has 0 atom stereocenters. The molecule has 0 fully saturated rings. The van der Waals surface area contributed by atoms with Gasteiger partial charge in [-0.1, -0.05) is 0 Å². The summed E-state index contributed by atoms with van der Waals surface area (Å²) in [6.07, 6.45) is 2.78. The van der Waals surface area contributed by atoms with Crippen molar-refractivity contribution in [3.63, 3.8) is 0 Å². The summed E-state index contributed by atoms with van der Waals surface area (Å²) >= 11 is 1.68. The monoisotopic (exact) mass is 290 g/mol. The van der Waals surface area contributed by atoms with Crippen LogP contribution < -0.4 is 15.2 Å². The Kier molecular flexibility index (Phi) is 5.77. The van der Waals surface area contributed by atoms with Gasteiger partial charge in [0.2, 0.25) is 10.0 Å². The molecule has 1 aromatic carbocycles. The van der Waals surface area contributed by atoms with Crippen molar-refractivity contribution in [1.29, 1.82) is 0 Å². The maximum atomic E-state index is 12.0. The molecule has 0 aliphatic heterocycles. The quantitative estimate of drug-likeness (QED) is 0.584. The van der Waals surface area contributed by atoms with Crippen LogP contribution in [0.15, 0.2) is 23.1 Å². The molecule has 0 unspecified atom stereocenters. The number of nitrogen functional groups attached to an aromatic ring is 1. The molecule has 0 saturated carbocycles. The first kappa shape index (κ1) is 15.1. The Morgan fingerprint density at radius 2 is 2.17 bits per heavy atom. The summed E-state index contributed by atoms with van der Waals surface area (Å²) < 4.78 is 31.5. The molecule has 0 saturated heterocycles. The summed E-state index contributed by atoms with van der Waals surface area (Å²) in [7, 11) is -2.03. The van der Waals surface area contributed by atoms with E-state index in [2.05, 4.69) is 4.72 Å². The lowest BCUT2D eigenvalue weighted by molar-refractivity contribution is 0.415. The van der Waals surface area contributed by atoms with Crippen molar-refractivity contribution in [3.8, 4) is 5.75 Å². The predicted molar refractivity (Wildman–Crippen MR) is 75.6 cm³/mol. The van der Waals surface area contributed by atoms with Crippen LogP contribution in [0.1, 0.15) is 6.42 Å². The number of sulfonamides is 1. The molecule has 102 valence electrons. The van der Waals surface area contributed by atoms with E-state index in [9.17, 15) is 8.42 Å². The zero-order chi connectivity index (χ0) is 13.6. The third-order valence-corrected chi connectivity index (χ3v) is 4.49. The second-order valence-electron chi connectivity index (χ2n) is 3.65. The van der Waals surface area contributed by atoms with Crippen molar-refractivity contribution in [2.75, 3.05) is 31.4 Å². The molecule has 3 N–H and O–H groups in total. The van der Waals surface area contributed by atoms with Gasteiger partial charge in [-0.3, -0.25) is 0 Å². The zero-order valence-electron chi connectivity index (χ0n) is 10.5. The van der Waals surface area contributed by atoms with Gasteiger partial charge in [0.05, 0.1) is 17.7 Å². The number of hydrogen-bond donors (Lipinski definition) is 2. The number of benzene rings is 1. The SMILES string of the molecule is COc1cc(S(=O)(=O)NCCCSC)ccc1N. The molecule has 0 heterocycles. The van der Waals surface area contributed by atoms with Gasteiger partial charge in [0.1, 0.15) is 5.75 Å². The first-order valence-corrected chi connectivity index (χ1v) is 8.31. The molecule has 0 radical (unpaired) electrons. The molecule has 0 aromatic heterocycles. The fourth-order valence-electron chi connectivity index (χ4n) is 1.36. The van der Waals surface area contributed by atoms with Gasteiger partial charge in [0.25, 0.3) is 0 Å². The van der Waals surface area contributed by atoms with Gasteiger partial charge in [0, 0.05) is 12.6 Å². The van der Waals surface area contributed by atoms with Gasteiger partial charge >= 0.3 is 0 Å². The summed E-state index contributed by atoms with van der Waals surface area (Å²) in [5.41, 5.74) is 6.06. The van der Waals surface area contributed by atoms with Crippen LogP contribution in [0.25, 0.3) is 0 Å². The lowest BCUT2D eigenvalue weighted by Crippen LogP contribution is -2.25. The van der Waals surface area contributed by atoms with E-state index in [1.165, 1.54) is 25.3 Å². The number of nitrogens with two attached hydrogens (primary N) is 1. The summed E-state index contributed by atoms with van der Waals surface area (Å²) in [6.45, 7) is 0.426. The van der Waals surface area contributed by atoms with E-state index in [0.717, 1.165) is 12.2 Å². The van der Waals surface area contributed by atoms with Gasteiger partial charge in [-0.15, -0.1) is 0 Å². The summed E-state index contributed by atoms with van der Waals surface area (Å²) in [5, 5.41) is 0. The van der Waals surface area contributed by atoms with Crippen LogP contribution in [0.2, 0.25) is 0 Å². The Labute approximate surface area is 112 Å². The first-order valence-electron chi connectivity index (χ1n) is 5.43. The minimum atomic E-state index is -3.48. The van der Waals surface area contributed by atoms with Crippen molar-refractivity contribution >= 4 is 27.5 Å². The van der Waals surface area contributed by atoms with Gasteiger partial charge < -0.3 is 10.5 Å². The number of rotatable bonds is 7. The maximum Gasteiger partial charge on any atom is 0.240 e. The molecule has 0 bridgehead atoms. The lowest BCUT2D eigenvalue weighted by atomic mass is 10.3. The molecule has 18 heavy (non-hydrogen) atoms. The molecule has 0 amide bonds. The van der Waals surface area contributed by atoms with Crippen LogP contribution in [0.3, 0.4) is 0 Å². The van der Waals surface area contributed by atoms with E-state index in [-0.39, 0.29) is 4.90 Å². The standard InChI is InChI=1S/C11H18N2O3S2/c1-16-11-8-9(4-5-10(11)12)18(14,15)13-6-3-7-17-2/h4-5,8,13H,3,6-7,12H2,1-2H3. The Hall–Kier alpha value is -0.920. The van der Waals surface area contributed by atoms with Crippen molar-refractivity contribution in [2.24, 2.45) is 0 Å². The summed E-state index contributed by atoms with van der Waals surface area (Å²) in [6, 6.07) is 4.41. The smallest absolute Gasteiger partial charge is 0.240 e. The van der Waals surface area contributed by atoms with Gasteiger partial charge in [0.15, 0.2) is 0 Å². The van der Waals surface area contributed by atoms with Crippen LogP contribution in [0.4, 0.5) is 5.69 Å². The highest BCUT2D eigenvalue weighted by atomic mass is 32.2. The molecule has 1 aromatic rings. The number of hydrogen-bond acceptors (Lipinski definition) is 5. The third-order valence-electron chi connectivity index (χ3n) is 2.33. The average Bonchev–Trinajstić information content (AvgIpc) is 2.35. The van der Waals surface area contributed by atoms with Crippen LogP contribution in [0, 0.1) is 0 Å². The second kappa shape index (κ2) is 6.86. The van der Waals surface area contributed by atoms with E-state index in [1.54, 1.807) is 11.8 Å². The van der Waals surface area contributed by atoms with E-state index in [4.69, 9.17) is 10.5 Å². The maximum absolute atomic E-state index is 12.0. The van der Waals surface area contributed by atoms with Crippen molar-refractivity contribution in [1.82, 2.24) is 4.72 Å². The van der Waals surface area contributed by atoms with Crippen LogP contribution in [-0.4, -0.2) is 34.1 Å². The molecule has 5 nitrogen and oxygen atoms in total. The van der Waals surface area contributed by atoms with Gasteiger partial charge in [-0.05, 0) is 30.6 Å². The van der Waals surface area contributed by atoms with Crippen molar-refractivity contribution in [3.05, 3.63) is 18.2 Å². The molecule has 7 heteroatoms. The summed E-state index contributed by atoms with van der Waals surface area (Å²) in [4.78, 5) is 0.165. The summed E-state index contributed by atoms with van der Waals surface area (Å²) in [5.74, 6) is 1.29. The normalized spacial score (nSPS) is 11.4. The Morgan fingerprint density at radius 3 is 2.78 bits per heavy atom. The third kappa shape index (κ3) is 4.08. The molecule has 0 aliphatic rings. The minimum absolute atomic E-state index is 0.165. The molecular weight excluding hydrogens is 272 g/mol. The highest BCUT2D eigenvalue weighted by Crippen LogP contribution is 2.24. The fraction of sp³-hybridized carbons (Fsp3) is 0.455. The highest BCUT2D eigenvalue weighted by molar-refractivity contribution is 7.98. The van der Waals surface area contributed by atoms with Crippen LogP contribution in [-0.2, 0) is 10.0 Å². The molecule has 0 aliphatic carbocycles. The zero-order valence-corrected chi connectivity index (χ0v) is 12.1. The first-order chi connectivity index (χ1) is 8.51. The predicted octanol–water partition coefficient (Wildman–Crippen LogP) is 1.31. The number of ether oxygens (including phenoxy) is 1. The second-order valence-corrected chi connectivity index (χ2v) is 6.40. The van der Waals surface area contributed by atoms with Gasteiger partial charge in [-0.2, -0.15) is 11.8 Å². The van der Waals surface area contributed by atoms with Crippen LogP contribution >= 0.6 is 11.8 Å². The lowest BCUT2D eigenvalue weighted by Gasteiger charge is -2.09. The number of nitrogens with one attached hydrogen (secondary N) is 1. The Morgan fingerprint density at radius 1 is 1.44 bits per heavy atom. The van der Waals surface area contributed by atoms with E-state index in [1.807, 2.05) is 6.26 Å². The van der Waals surface area contributed by atoms with E-state index < -0.39 is 10.0 Å². The molecule has 1 rings (SSSR count). The largest absolute Gasteiger partial charge is 0.495 e. The van der Waals surface area contributed by atoms with Crippen LogP contribution in [0.5, 0.6) is 5.75 Å². The topological polar surface area (TPSA) is 81.4 Å². The van der Waals surface area contributed by atoms with Crippen molar-refractivity contribution in [2.45, 2.75) is 11.3 Å². The minimum Gasteiger partial charge on any atom is -0.495 e. The van der Waals surface area contributed by atoms with Crippen molar-refractivity contribution < 1.29 is 13.2 Å². The Balaban J connectivity index is 2.78. The van der Waals surface area contributed by atoms with Gasteiger partial charge in [-0.25, -0.2) is 13.1 Å². The van der Waals surface area contributed by atoms with E-state index >= 15 is 0 Å². The van der Waals surface area contributed by atoms with E-state index in [0.29, 0.717) is 18.0 Å². The Bertz CT molecular complexity index is 489. The highest BCUT2D eigenvalue weighted by Gasteiger charge is 2.15. The fourth-order valence-corrected chi connectivity index (χ4v) is 2.89. The molecule has 0 spiro atoms.